The first-order valence-corrected chi connectivity index (χ1v) is 11.2. The molecule has 0 aliphatic carbocycles. The Bertz CT molecular complexity index is 1380. The number of para-hydroxylation sites is 2. The molecule has 1 saturated heterocycles. The third-order valence-electron chi connectivity index (χ3n) is 6.02. The lowest BCUT2D eigenvalue weighted by molar-refractivity contribution is -0.122. The molecule has 1 N–H and O–H groups in total. The lowest BCUT2D eigenvalue weighted by Gasteiger charge is -2.19. The van der Waals surface area contributed by atoms with Crippen molar-refractivity contribution in [3.05, 3.63) is 83.9 Å². The van der Waals surface area contributed by atoms with Crippen LogP contribution in [0.25, 0.3) is 22.8 Å². The molecule has 1 aliphatic rings. The van der Waals surface area contributed by atoms with Crippen LogP contribution in [0.3, 0.4) is 0 Å². The minimum atomic E-state index is -0.453. The molecule has 7 heteroatoms. The number of nitrogens with zero attached hydrogens (tertiary/aromatic N) is 3. The van der Waals surface area contributed by atoms with E-state index < -0.39 is 5.92 Å². The maximum Gasteiger partial charge on any atom is 0.260 e. The van der Waals surface area contributed by atoms with E-state index in [9.17, 15) is 9.59 Å². The van der Waals surface area contributed by atoms with Crippen LogP contribution >= 0.6 is 0 Å². The van der Waals surface area contributed by atoms with Crippen LogP contribution in [-0.4, -0.2) is 28.5 Å². The fraction of sp³-hybridized carbons (Fsp3) is 0.185. The first-order valence-electron chi connectivity index (χ1n) is 11.2. The number of carbonyl (C=O) groups is 2. The first-order chi connectivity index (χ1) is 16.5. The molecule has 170 valence electrons. The fourth-order valence-corrected chi connectivity index (χ4v) is 4.23. The summed E-state index contributed by atoms with van der Waals surface area (Å²) >= 11 is 0. The van der Waals surface area contributed by atoms with Gasteiger partial charge in [-0.15, -0.1) is 0 Å². The maximum atomic E-state index is 13.1. The number of aromatic nitrogens is 2. The molecule has 0 spiro atoms. The van der Waals surface area contributed by atoms with Gasteiger partial charge < -0.3 is 14.7 Å². The molecular formula is C27H24N4O3. The minimum Gasteiger partial charge on any atom is -0.334 e. The third kappa shape index (κ3) is 4.20. The Labute approximate surface area is 197 Å². The zero-order valence-corrected chi connectivity index (χ0v) is 19.0. The standard InChI is InChI=1S/C27H24N4O3/c1-17-8-7-10-19(14-17)25-29-27(34-30-25)21-11-4-5-12-22(21)28-26(33)20-15-24(32)31(16-20)23-13-6-3-9-18(23)2/h3-14,20H,15-16H2,1-2H3,(H,28,33)/t20-/m1/s1. The first kappa shape index (κ1) is 21.6. The number of amides is 2. The number of nitrogens with one attached hydrogen (secondary N) is 1. The van der Waals surface area contributed by atoms with Crippen LogP contribution in [0, 0.1) is 19.8 Å². The van der Waals surface area contributed by atoms with E-state index in [2.05, 4.69) is 15.5 Å². The van der Waals surface area contributed by atoms with E-state index in [0.717, 1.165) is 22.4 Å². The summed E-state index contributed by atoms with van der Waals surface area (Å²) in [7, 11) is 0. The third-order valence-corrected chi connectivity index (χ3v) is 6.02. The number of hydrogen-bond acceptors (Lipinski definition) is 5. The van der Waals surface area contributed by atoms with Gasteiger partial charge in [0.1, 0.15) is 0 Å². The molecule has 4 aromatic rings. The Morgan fingerprint density at radius 2 is 1.82 bits per heavy atom. The highest BCUT2D eigenvalue weighted by molar-refractivity contribution is 6.04. The second kappa shape index (κ2) is 8.94. The molecule has 1 aromatic heterocycles. The number of benzene rings is 3. The van der Waals surface area contributed by atoms with Gasteiger partial charge in [0, 0.05) is 24.2 Å². The summed E-state index contributed by atoms with van der Waals surface area (Å²) < 4.78 is 5.52. The van der Waals surface area contributed by atoms with Gasteiger partial charge in [-0.2, -0.15) is 4.98 Å². The Kier molecular flexibility index (Phi) is 5.67. The van der Waals surface area contributed by atoms with Crippen molar-refractivity contribution in [2.24, 2.45) is 5.92 Å². The molecule has 1 aliphatic heterocycles. The van der Waals surface area contributed by atoms with Crippen LogP contribution in [0.1, 0.15) is 17.5 Å². The molecule has 0 saturated carbocycles. The van der Waals surface area contributed by atoms with E-state index in [4.69, 9.17) is 4.52 Å². The highest BCUT2D eigenvalue weighted by Crippen LogP contribution is 2.31. The van der Waals surface area contributed by atoms with Crippen LogP contribution in [-0.2, 0) is 9.59 Å². The van der Waals surface area contributed by atoms with Gasteiger partial charge in [0.25, 0.3) is 5.89 Å². The average molecular weight is 453 g/mol. The van der Waals surface area contributed by atoms with Crippen LogP contribution in [0.15, 0.2) is 77.3 Å². The smallest absolute Gasteiger partial charge is 0.260 e. The van der Waals surface area contributed by atoms with Crippen molar-refractivity contribution in [2.45, 2.75) is 20.3 Å². The maximum absolute atomic E-state index is 13.1. The van der Waals surface area contributed by atoms with Crippen molar-refractivity contribution in [1.82, 2.24) is 10.1 Å². The van der Waals surface area contributed by atoms with Crippen LogP contribution < -0.4 is 10.2 Å². The summed E-state index contributed by atoms with van der Waals surface area (Å²) in [5, 5.41) is 7.08. The van der Waals surface area contributed by atoms with Gasteiger partial charge in [0.05, 0.1) is 17.2 Å². The summed E-state index contributed by atoms with van der Waals surface area (Å²) in [6.07, 6.45) is 0.167. The molecule has 0 unspecified atom stereocenters. The minimum absolute atomic E-state index is 0.0533. The SMILES string of the molecule is Cc1cccc(-c2noc(-c3ccccc3NC(=O)[C@@H]3CC(=O)N(c4ccccc4C)C3)n2)c1. The lowest BCUT2D eigenvalue weighted by atomic mass is 10.1. The molecule has 2 amide bonds. The van der Waals surface area contributed by atoms with Gasteiger partial charge in [-0.1, -0.05) is 59.3 Å². The number of carbonyl (C=O) groups excluding carboxylic acids is 2. The van der Waals surface area contributed by atoms with E-state index in [0.29, 0.717) is 29.5 Å². The van der Waals surface area contributed by atoms with Crippen molar-refractivity contribution in [3.8, 4) is 22.8 Å². The topological polar surface area (TPSA) is 88.3 Å². The zero-order chi connectivity index (χ0) is 23.7. The second-order valence-corrected chi connectivity index (χ2v) is 8.52. The van der Waals surface area contributed by atoms with E-state index >= 15 is 0 Å². The Morgan fingerprint density at radius 1 is 1.03 bits per heavy atom. The molecule has 34 heavy (non-hydrogen) atoms. The fourth-order valence-electron chi connectivity index (χ4n) is 4.23. The number of aryl methyl sites for hydroxylation is 2. The predicted molar refractivity (Wildman–Crippen MR) is 130 cm³/mol. The van der Waals surface area contributed by atoms with E-state index in [-0.39, 0.29) is 18.2 Å². The van der Waals surface area contributed by atoms with Gasteiger partial charge in [0.2, 0.25) is 17.6 Å². The van der Waals surface area contributed by atoms with Crippen molar-refractivity contribution < 1.29 is 14.1 Å². The van der Waals surface area contributed by atoms with Gasteiger partial charge >= 0.3 is 0 Å². The Morgan fingerprint density at radius 3 is 2.65 bits per heavy atom. The van der Waals surface area contributed by atoms with Crippen LogP contribution in [0.5, 0.6) is 0 Å². The molecule has 7 nitrogen and oxygen atoms in total. The Hall–Kier alpha value is -4.26. The van der Waals surface area contributed by atoms with Crippen molar-refractivity contribution in [2.75, 3.05) is 16.8 Å². The summed E-state index contributed by atoms with van der Waals surface area (Å²) in [5.74, 6) is 0.0787. The number of hydrogen-bond donors (Lipinski definition) is 1. The molecule has 5 rings (SSSR count). The van der Waals surface area contributed by atoms with E-state index in [1.807, 2.05) is 80.6 Å². The van der Waals surface area contributed by atoms with E-state index in [1.165, 1.54) is 0 Å². The summed E-state index contributed by atoms with van der Waals surface area (Å²) in [5.41, 5.74) is 5.00. The number of rotatable bonds is 5. The zero-order valence-electron chi connectivity index (χ0n) is 19.0. The van der Waals surface area contributed by atoms with Crippen molar-refractivity contribution >= 4 is 23.2 Å². The van der Waals surface area contributed by atoms with Crippen molar-refractivity contribution in [3.63, 3.8) is 0 Å². The van der Waals surface area contributed by atoms with Gasteiger partial charge in [0.15, 0.2) is 0 Å². The van der Waals surface area contributed by atoms with E-state index in [1.54, 1.807) is 11.0 Å². The Balaban J connectivity index is 1.35. The lowest BCUT2D eigenvalue weighted by Crippen LogP contribution is -2.28. The van der Waals surface area contributed by atoms with Crippen molar-refractivity contribution in [1.29, 1.82) is 0 Å². The molecule has 2 heterocycles. The predicted octanol–water partition coefficient (Wildman–Crippen LogP) is 5.01. The normalized spacial score (nSPS) is 15.5. The van der Waals surface area contributed by atoms with Crippen LogP contribution in [0.2, 0.25) is 0 Å². The highest BCUT2D eigenvalue weighted by Gasteiger charge is 2.36. The molecule has 3 aromatic carbocycles. The highest BCUT2D eigenvalue weighted by atomic mass is 16.5. The molecular weight excluding hydrogens is 428 g/mol. The second-order valence-electron chi connectivity index (χ2n) is 8.52. The number of anilines is 2. The average Bonchev–Trinajstić information content (AvgIpc) is 3.47. The molecule has 1 atom stereocenters. The molecule has 0 bridgehead atoms. The largest absolute Gasteiger partial charge is 0.334 e. The molecule has 1 fully saturated rings. The quantitative estimate of drug-likeness (QED) is 0.460. The van der Waals surface area contributed by atoms with Gasteiger partial charge in [-0.3, -0.25) is 9.59 Å². The van der Waals surface area contributed by atoms with Gasteiger partial charge in [-0.05, 0) is 43.7 Å². The summed E-state index contributed by atoms with van der Waals surface area (Å²) in [4.78, 5) is 32.0. The van der Waals surface area contributed by atoms with Crippen LogP contribution in [0.4, 0.5) is 11.4 Å². The van der Waals surface area contributed by atoms with Gasteiger partial charge in [-0.25, -0.2) is 0 Å². The monoisotopic (exact) mass is 452 g/mol. The molecule has 0 radical (unpaired) electrons. The summed E-state index contributed by atoms with van der Waals surface area (Å²) in [6.45, 7) is 4.31. The summed E-state index contributed by atoms with van der Waals surface area (Å²) in [6, 6.07) is 22.8.